The molecule has 3 fully saturated rings. The van der Waals surface area contributed by atoms with Crippen LogP contribution in [0.25, 0.3) is 0 Å². The second kappa shape index (κ2) is 17.7. The number of para-hydroxylation sites is 2. The lowest BCUT2D eigenvalue weighted by molar-refractivity contribution is -0.274. The summed E-state index contributed by atoms with van der Waals surface area (Å²) >= 11 is 0. The average Bonchev–Trinajstić information content (AvgIpc) is 3.10. The fraction of sp³-hybridized carbons (Fsp3) is 0.667. The molecule has 11 nitrogen and oxygen atoms in total. The molecule has 3 aliphatic rings. The molecule has 2 saturated heterocycles. The predicted octanol–water partition coefficient (Wildman–Crippen LogP) is 5.32. The van der Waals surface area contributed by atoms with Gasteiger partial charge in [0.15, 0.2) is 5.75 Å². The van der Waals surface area contributed by atoms with Crippen LogP contribution in [-0.4, -0.2) is 127 Å². The minimum atomic E-state index is -4.85. The van der Waals surface area contributed by atoms with Gasteiger partial charge in [-0.25, -0.2) is 8.42 Å². The molecule has 1 saturated carbocycles. The van der Waals surface area contributed by atoms with E-state index in [9.17, 15) is 30.0 Å². The van der Waals surface area contributed by atoms with Crippen LogP contribution in [0, 0.1) is 11.8 Å². The van der Waals surface area contributed by atoms with E-state index in [-0.39, 0.29) is 68.1 Å². The molecule has 0 N–H and O–H groups in total. The van der Waals surface area contributed by atoms with E-state index in [0.717, 1.165) is 18.8 Å². The summed E-state index contributed by atoms with van der Waals surface area (Å²) in [5.41, 5.74) is 1.15. The van der Waals surface area contributed by atoms with Gasteiger partial charge in [-0.05, 0) is 87.0 Å². The maximum Gasteiger partial charge on any atom is 0.573 e. The van der Waals surface area contributed by atoms with Crippen LogP contribution in [0.4, 0.5) is 24.5 Å². The standard InChI is InChI=1S/C36H55F3N6O5S2/c1-30-27-44(51(46,47)33-17-15-32(16-18-33)40(2)3)21-9-19-41(29-31-11-5-4-6-12-31)20-10-22-45(28-30)52(48,49)43-25-23-42(24-26-43)34-13-7-8-14-35(34)50-36(37,38)39/h7-8,13-18,30-31H,4-6,9-12,19-29H2,1-3H3/t30-/m0/s1. The summed E-state index contributed by atoms with van der Waals surface area (Å²) in [5.74, 6) is -0.0512. The second-order valence-corrected chi connectivity index (χ2v) is 18.5. The Hall–Kier alpha value is -2.63. The van der Waals surface area contributed by atoms with Gasteiger partial charge in [0.2, 0.25) is 10.0 Å². The highest BCUT2D eigenvalue weighted by Gasteiger charge is 2.37. The Labute approximate surface area is 308 Å². The number of rotatable bonds is 9. The van der Waals surface area contributed by atoms with Gasteiger partial charge in [-0.3, -0.25) is 0 Å². The zero-order chi connectivity index (χ0) is 37.5. The fourth-order valence-electron chi connectivity index (χ4n) is 7.65. The maximum absolute atomic E-state index is 14.3. The smallest absolute Gasteiger partial charge is 0.404 e. The zero-order valence-corrected chi connectivity index (χ0v) is 32.3. The Balaban J connectivity index is 1.34. The molecule has 2 aliphatic heterocycles. The predicted molar refractivity (Wildman–Crippen MR) is 198 cm³/mol. The number of nitrogens with zero attached hydrogens (tertiary/aromatic N) is 6. The van der Waals surface area contributed by atoms with Gasteiger partial charge in [0.05, 0.1) is 10.6 Å². The van der Waals surface area contributed by atoms with Crippen LogP contribution in [0.5, 0.6) is 5.75 Å². The third kappa shape index (κ3) is 10.7. The number of alkyl halides is 3. The first-order valence-electron chi connectivity index (χ1n) is 18.5. The van der Waals surface area contributed by atoms with Crippen LogP contribution in [0.15, 0.2) is 53.4 Å². The van der Waals surface area contributed by atoms with Gasteiger partial charge in [-0.1, -0.05) is 38.3 Å². The first-order chi connectivity index (χ1) is 24.6. The van der Waals surface area contributed by atoms with Crippen LogP contribution in [-0.2, 0) is 20.2 Å². The van der Waals surface area contributed by atoms with Crippen molar-refractivity contribution in [1.29, 1.82) is 0 Å². The minimum absolute atomic E-state index is 0.0881. The Kier molecular flexibility index (Phi) is 13.8. The lowest BCUT2D eigenvalue weighted by atomic mass is 9.89. The molecule has 52 heavy (non-hydrogen) atoms. The highest BCUT2D eigenvalue weighted by atomic mass is 32.2. The molecule has 1 aliphatic carbocycles. The van der Waals surface area contributed by atoms with Gasteiger partial charge in [-0.2, -0.15) is 21.3 Å². The number of hydrogen-bond donors (Lipinski definition) is 0. The molecular weight excluding hydrogens is 718 g/mol. The Bertz CT molecular complexity index is 1650. The largest absolute Gasteiger partial charge is 0.573 e. The SMILES string of the molecule is C[C@H]1CN(S(=O)(=O)c2ccc(N(C)C)cc2)CCCN(CC2CCCCC2)CCCN(S(=O)(=O)N2CCN(c3ccccc3OC(F)(F)F)CC2)C1. The molecule has 2 aromatic carbocycles. The van der Waals surface area contributed by atoms with E-state index in [1.165, 1.54) is 57.2 Å². The van der Waals surface area contributed by atoms with E-state index in [0.29, 0.717) is 31.8 Å². The molecule has 0 aromatic heterocycles. The van der Waals surface area contributed by atoms with Crippen LogP contribution in [0.1, 0.15) is 51.9 Å². The van der Waals surface area contributed by atoms with Gasteiger partial charge < -0.3 is 19.4 Å². The number of sulfonamides is 1. The summed E-state index contributed by atoms with van der Waals surface area (Å²) in [6, 6.07) is 12.7. The molecule has 0 amide bonds. The molecule has 5 rings (SSSR count). The van der Waals surface area contributed by atoms with Crippen molar-refractivity contribution in [3.05, 3.63) is 48.5 Å². The molecule has 0 radical (unpaired) electrons. The first kappa shape index (κ1) is 40.6. The number of anilines is 2. The maximum atomic E-state index is 14.3. The van der Waals surface area contributed by atoms with Gasteiger partial charge in [0.1, 0.15) is 0 Å². The van der Waals surface area contributed by atoms with Crippen LogP contribution in [0.3, 0.4) is 0 Å². The summed E-state index contributed by atoms with van der Waals surface area (Å²) < 4.78 is 105. The van der Waals surface area contributed by atoms with Crippen LogP contribution >= 0.6 is 0 Å². The number of hydrogen-bond acceptors (Lipinski definition) is 8. The van der Waals surface area contributed by atoms with Gasteiger partial charge in [-0.15, -0.1) is 13.2 Å². The Morgan fingerprint density at radius 2 is 1.33 bits per heavy atom. The fourth-order valence-corrected chi connectivity index (χ4v) is 11.0. The van der Waals surface area contributed by atoms with Crippen molar-refractivity contribution in [3.8, 4) is 5.75 Å². The van der Waals surface area contributed by atoms with Crippen molar-refractivity contribution in [2.45, 2.75) is 63.1 Å². The summed E-state index contributed by atoms with van der Waals surface area (Å²) in [6.07, 6.45) is 2.51. The average molecular weight is 773 g/mol. The van der Waals surface area contributed by atoms with E-state index < -0.39 is 26.6 Å². The van der Waals surface area contributed by atoms with Crippen molar-refractivity contribution >= 4 is 31.6 Å². The van der Waals surface area contributed by atoms with E-state index in [4.69, 9.17) is 0 Å². The van der Waals surface area contributed by atoms with Crippen LogP contribution in [0.2, 0.25) is 0 Å². The van der Waals surface area contributed by atoms with Crippen molar-refractivity contribution in [2.24, 2.45) is 11.8 Å². The van der Waals surface area contributed by atoms with E-state index >= 15 is 0 Å². The minimum Gasteiger partial charge on any atom is -0.404 e. The number of benzene rings is 2. The van der Waals surface area contributed by atoms with E-state index in [2.05, 4.69) is 9.64 Å². The van der Waals surface area contributed by atoms with Crippen molar-refractivity contribution in [3.63, 3.8) is 0 Å². The zero-order valence-electron chi connectivity index (χ0n) is 30.7. The van der Waals surface area contributed by atoms with Crippen molar-refractivity contribution in [2.75, 3.05) is 95.9 Å². The van der Waals surface area contributed by atoms with Crippen molar-refractivity contribution < 1.29 is 34.7 Å². The quantitative estimate of drug-likeness (QED) is 0.338. The number of halogens is 3. The van der Waals surface area contributed by atoms with Gasteiger partial charge in [0.25, 0.3) is 10.2 Å². The van der Waals surface area contributed by atoms with Gasteiger partial charge in [0, 0.05) is 78.7 Å². The molecule has 1 atom stereocenters. The monoisotopic (exact) mass is 772 g/mol. The molecule has 0 bridgehead atoms. The lowest BCUT2D eigenvalue weighted by Gasteiger charge is -2.39. The molecular formula is C36H55F3N6O5S2. The van der Waals surface area contributed by atoms with E-state index in [1.54, 1.807) is 41.3 Å². The normalized spacial score (nSPS) is 22.4. The summed E-state index contributed by atoms with van der Waals surface area (Å²) in [6.45, 7) is 5.71. The number of piperazine rings is 1. The van der Waals surface area contributed by atoms with Crippen molar-refractivity contribution in [1.82, 2.24) is 17.8 Å². The molecule has 0 spiro atoms. The summed E-state index contributed by atoms with van der Waals surface area (Å²) in [7, 11) is -4.04. The topological polar surface area (TPSA) is 97.0 Å². The van der Waals surface area contributed by atoms with Crippen LogP contribution < -0.4 is 14.5 Å². The Morgan fingerprint density at radius 3 is 1.94 bits per heavy atom. The first-order valence-corrected chi connectivity index (χ1v) is 21.3. The molecule has 2 heterocycles. The van der Waals surface area contributed by atoms with E-state index in [1.807, 2.05) is 25.9 Å². The highest BCUT2D eigenvalue weighted by Crippen LogP contribution is 2.34. The summed E-state index contributed by atoms with van der Waals surface area (Å²) in [4.78, 5) is 6.22. The molecule has 292 valence electrons. The Morgan fingerprint density at radius 1 is 0.731 bits per heavy atom. The number of ether oxygens (including phenoxy) is 1. The highest BCUT2D eigenvalue weighted by molar-refractivity contribution is 7.89. The molecule has 0 unspecified atom stereocenters. The molecule has 16 heteroatoms. The summed E-state index contributed by atoms with van der Waals surface area (Å²) in [5, 5.41) is 0. The molecule has 2 aromatic rings. The third-order valence-corrected chi connectivity index (χ3v) is 14.2. The van der Waals surface area contributed by atoms with Gasteiger partial charge >= 0.3 is 6.36 Å². The lowest BCUT2D eigenvalue weighted by Crippen LogP contribution is -2.54. The third-order valence-electron chi connectivity index (χ3n) is 10.3. The second-order valence-electron chi connectivity index (χ2n) is 14.6.